The number of nitrogens with two attached hydrogens (primary N) is 1. The molecule has 3 aliphatic rings. The van der Waals surface area contributed by atoms with Crippen molar-refractivity contribution < 1.29 is 43.4 Å². The number of rotatable bonds is 20. The molecule has 5 aromatic carbocycles. The molecular weight excluding hydrogens is 1240 g/mol. The Morgan fingerprint density at radius 2 is 1.23 bits per heavy atom. The zero-order valence-corrected chi connectivity index (χ0v) is 53.6. The molecule has 0 bridgehead atoms. The number of aromatic nitrogens is 8. The molecule has 9 N–H and O–H groups in total. The van der Waals surface area contributed by atoms with Crippen LogP contribution in [-0.2, 0) is 36.8 Å². The summed E-state index contributed by atoms with van der Waals surface area (Å²) in [7, 11) is 2.06. The van der Waals surface area contributed by atoms with E-state index in [9.17, 15) is 33.6 Å². The first kappa shape index (κ1) is 67.0. The molecule has 1 saturated heterocycles. The number of benzene rings is 5. The molecular formula is C66H79BrN16O9. The van der Waals surface area contributed by atoms with Crippen LogP contribution in [0.4, 0.5) is 21.0 Å². The highest BCUT2D eigenvalue weighted by Gasteiger charge is 2.37. The summed E-state index contributed by atoms with van der Waals surface area (Å²) < 4.78 is 6.21. The number of nitrogens with one attached hydrogen (secondary N) is 6. The van der Waals surface area contributed by atoms with Crippen molar-refractivity contribution in [1.29, 1.82) is 0 Å². The minimum absolute atomic E-state index is 0.0123. The van der Waals surface area contributed by atoms with Crippen LogP contribution >= 0.6 is 15.9 Å². The summed E-state index contributed by atoms with van der Waals surface area (Å²) in [5, 5.41) is 47.9. The number of halogens is 1. The van der Waals surface area contributed by atoms with Gasteiger partial charge in [-0.2, -0.15) is 0 Å². The lowest BCUT2D eigenvalue weighted by atomic mass is 9.81. The first-order valence-electron chi connectivity index (χ1n) is 31.0. The number of likely N-dealkylation sites (N-methyl/N-ethyl adjacent to an activating group) is 1. The third kappa shape index (κ3) is 19.1. The van der Waals surface area contributed by atoms with Gasteiger partial charge >= 0.3 is 12.2 Å². The molecule has 3 fully saturated rings. The van der Waals surface area contributed by atoms with Crippen LogP contribution in [0.15, 0.2) is 126 Å². The Morgan fingerprint density at radius 3 is 1.79 bits per heavy atom. The van der Waals surface area contributed by atoms with Gasteiger partial charge in [0.25, 0.3) is 5.91 Å². The third-order valence-corrected chi connectivity index (χ3v) is 17.3. The minimum Gasteiger partial charge on any atom is -0.465 e. The number of carboxylic acid groups (broad SMARTS) is 1. The number of alkyl carbamates (subject to hydrolysis) is 1. The second-order valence-electron chi connectivity index (χ2n) is 24.7. The van der Waals surface area contributed by atoms with Crippen molar-refractivity contribution in [3.63, 3.8) is 0 Å². The number of tetrazole rings is 2. The zero-order valence-electron chi connectivity index (χ0n) is 52.0. The molecule has 92 heavy (non-hydrogen) atoms. The van der Waals surface area contributed by atoms with E-state index in [1.54, 1.807) is 53.4 Å². The Labute approximate surface area is 541 Å². The number of H-pyrrole nitrogens is 2. The van der Waals surface area contributed by atoms with Gasteiger partial charge in [0.05, 0.1) is 0 Å². The Hall–Kier alpha value is -9.43. The molecule has 7 aromatic rings. The molecule has 2 aliphatic carbocycles. The topological polar surface area (TPSA) is 342 Å². The van der Waals surface area contributed by atoms with E-state index in [4.69, 9.17) is 15.6 Å². The predicted octanol–water partition coefficient (Wildman–Crippen LogP) is 8.05. The summed E-state index contributed by atoms with van der Waals surface area (Å²) in [4.78, 5) is 96.4. The predicted molar refractivity (Wildman–Crippen MR) is 348 cm³/mol. The molecule has 26 heteroatoms. The number of carbonyl (C=O) groups is 7. The molecule has 0 spiro atoms. The van der Waals surface area contributed by atoms with Gasteiger partial charge in [0.1, 0.15) is 17.7 Å². The number of anilines is 2. The Bertz CT molecular complexity index is 3620. The summed E-state index contributed by atoms with van der Waals surface area (Å²) >= 11 is 3.48. The first-order chi connectivity index (χ1) is 44.2. The van der Waals surface area contributed by atoms with E-state index in [1.165, 1.54) is 0 Å². The number of aromatic amines is 2. The lowest BCUT2D eigenvalue weighted by molar-refractivity contribution is -0.130. The fourth-order valence-corrected chi connectivity index (χ4v) is 12.2. The van der Waals surface area contributed by atoms with Crippen LogP contribution in [0.1, 0.15) is 93.6 Å². The minimum atomic E-state index is -1.05. The van der Waals surface area contributed by atoms with E-state index in [-0.39, 0.29) is 60.1 Å². The fourth-order valence-electron chi connectivity index (χ4n) is 11.8. The van der Waals surface area contributed by atoms with E-state index in [0.29, 0.717) is 80.4 Å². The second kappa shape index (κ2) is 31.5. The van der Waals surface area contributed by atoms with E-state index in [2.05, 4.69) is 90.4 Å². The van der Waals surface area contributed by atoms with Crippen LogP contribution in [0.5, 0.6) is 0 Å². The first-order valence-corrected chi connectivity index (χ1v) is 31.8. The third-order valence-electron chi connectivity index (χ3n) is 16.9. The molecule has 484 valence electrons. The standard InChI is InChI=1S/C37H43N9O5.C29H36BrN7O4/c1-45-16-18-46(19-17-45)36(49)30-7-3-6-29(22-30)28-5-2-4-25(20-28)21-32(40-34(47)27-10-8-24(9-11-27)23-38-37(50)51)35(48)39-31-14-12-26(13-15-31)33-41-43-44-42-33;1-29(2,3)41-28(40)32-17-18-7-9-21(10-8-18)27(39)37(23-13-11-20(12-14-23)26-33-35-36-34-26)24(25(31)38)16-19-5-4-6-22(30)15-19/h2-7,12-15,20,22,24,27,32,38H,8-11,16-19,21,23H2,1H3,(H,39,48)(H,40,47)(H,50,51)(H,41,42,43,44);4-6,11-15,18,21,24H,7-10,16-17H2,1-3H3,(H2,31,38)(H,32,40)(H,33,34,35,36)/t24-,27-,32-;18-,21-,24-/m00/s1. The maximum atomic E-state index is 14.1. The van der Waals surface area contributed by atoms with Gasteiger partial charge < -0.3 is 46.6 Å². The van der Waals surface area contributed by atoms with Crippen molar-refractivity contribution in [3.8, 4) is 33.9 Å². The lowest BCUT2D eigenvalue weighted by Crippen LogP contribution is -2.52. The number of primary amides is 1. The zero-order chi connectivity index (χ0) is 65.3. The molecule has 0 unspecified atom stereocenters. The van der Waals surface area contributed by atoms with E-state index in [0.717, 1.165) is 76.6 Å². The van der Waals surface area contributed by atoms with Crippen LogP contribution in [0.3, 0.4) is 0 Å². The van der Waals surface area contributed by atoms with Gasteiger partial charge in [0.2, 0.25) is 23.6 Å². The maximum Gasteiger partial charge on any atom is 0.407 e. The molecule has 0 radical (unpaired) electrons. The van der Waals surface area contributed by atoms with E-state index >= 15 is 0 Å². The highest BCUT2D eigenvalue weighted by molar-refractivity contribution is 9.10. The highest BCUT2D eigenvalue weighted by Crippen LogP contribution is 2.34. The van der Waals surface area contributed by atoms with Gasteiger partial charge in [0, 0.05) is 96.5 Å². The van der Waals surface area contributed by atoms with Crippen molar-refractivity contribution in [1.82, 2.24) is 67.0 Å². The molecule has 2 saturated carbocycles. The number of piperazine rings is 1. The number of carbonyl (C=O) groups excluding carboxylic acids is 6. The van der Waals surface area contributed by atoms with E-state index in [1.807, 2.05) is 98.5 Å². The number of nitrogens with zero attached hydrogens (tertiary/aromatic N) is 9. The van der Waals surface area contributed by atoms with Crippen LogP contribution < -0.4 is 31.9 Å². The number of hydrogen-bond acceptors (Lipinski definition) is 15. The normalized spacial score (nSPS) is 18.2. The average molecular weight is 1320 g/mol. The molecule has 7 amide bonds. The molecule has 25 nitrogen and oxygen atoms in total. The second-order valence-corrected chi connectivity index (χ2v) is 25.6. The van der Waals surface area contributed by atoms with Gasteiger partial charge in [-0.25, -0.2) is 19.8 Å². The van der Waals surface area contributed by atoms with Crippen molar-refractivity contribution in [2.24, 2.45) is 29.4 Å². The number of amides is 7. The van der Waals surface area contributed by atoms with E-state index < -0.39 is 35.8 Å². The lowest BCUT2D eigenvalue weighted by Gasteiger charge is -2.36. The molecule has 10 rings (SSSR count). The maximum absolute atomic E-state index is 14.1. The van der Waals surface area contributed by atoms with Crippen LogP contribution in [0.2, 0.25) is 0 Å². The molecule has 2 aromatic heterocycles. The largest absolute Gasteiger partial charge is 0.465 e. The smallest absolute Gasteiger partial charge is 0.407 e. The van der Waals surface area contributed by atoms with Crippen LogP contribution in [0, 0.1) is 23.7 Å². The summed E-state index contributed by atoms with van der Waals surface area (Å²) in [6, 6.07) is 35.5. The number of ether oxygens (including phenoxy) is 1. The Balaban J connectivity index is 0.000000223. The monoisotopic (exact) mass is 1320 g/mol. The molecule has 3 heterocycles. The van der Waals surface area contributed by atoms with Crippen molar-refractivity contribution in [2.75, 3.05) is 56.5 Å². The highest BCUT2D eigenvalue weighted by atomic mass is 79.9. The summed E-state index contributed by atoms with van der Waals surface area (Å²) in [6.45, 7) is 9.39. The summed E-state index contributed by atoms with van der Waals surface area (Å²) in [6.07, 6.45) is 4.50. The number of hydrogen-bond donors (Lipinski definition) is 8. The van der Waals surface area contributed by atoms with Gasteiger partial charge in [0.15, 0.2) is 11.6 Å². The quantitative estimate of drug-likeness (QED) is 0.0358. The van der Waals surface area contributed by atoms with Crippen molar-refractivity contribution in [2.45, 2.75) is 103 Å². The van der Waals surface area contributed by atoms with Gasteiger partial charge in [-0.3, -0.25) is 28.9 Å². The summed E-state index contributed by atoms with van der Waals surface area (Å²) in [5.74, 6) is -0.415. The van der Waals surface area contributed by atoms with Crippen molar-refractivity contribution in [3.05, 3.63) is 142 Å². The Morgan fingerprint density at radius 1 is 0.674 bits per heavy atom. The van der Waals surface area contributed by atoms with Crippen molar-refractivity contribution >= 4 is 69.0 Å². The summed E-state index contributed by atoms with van der Waals surface area (Å²) in [5.41, 5.74) is 12.1. The SMILES string of the molecule is CC(C)(C)OC(=O)NC[C@H]1CC[C@H](C(=O)N(c2ccc(-c3nnn[nH]3)cc2)[C@@H](Cc2cccc(Br)c2)C(N)=O)CC1.CN1CCN(C(=O)c2cccc(-c3cccc(C[C@H](NC(=O)[C@H]4CC[C@H](CNC(=O)O)CC4)C(=O)Nc4ccc(-c5nnn[nH]5)cc4)c3)c2)CC1. The fraction of sp³-hybridized carbons (Fsp3) is 0.409. The van der Waals surface area contributed by atoms with Gasteiger partial charge in [-0.15, -0.1) is 10.2 Å². The van der Waals surface area contributed by atoms with Crippen LogP contribution in [0.25, 0.3) is 33.9 Å². The van der Waals surface area contributed by atoms with Gasteiger partial charge in [-0.1, -0.05) is 64.5 Å². The Kier molecular flexibility index (Phi) is 23.0. The van der Waals surface area contributed by atoms with Gasteiger partial charge in [-0.05, 0) is 207 Å². The molecule has 1 aliphatic heterocycles. The van der Waals surface area contributed by atoms with Crippen LogP contribution in [-0.4, -0.2) is 162 Å². The average Bonchev–Trinajstić information content (AvgIpc) is 0.881. The molecule has 2 atom stereocenters.